The predicted octanol–water partition coefficient (Wildman–Crippen LogP) is 7.19. The van der Waals surface area contributed by atoms with Crippen LogP contribution >= 0.6 is 0 Å². The summed E-state index contributed by atoms with van der Waals surface area (Å²) in [5, 5.41) is 2.79. The summed E-state index contributed by atoms with van der Waals surface area (Å²) in [4.78, 5) is 26.3. The predicted molar refractivity (Wildman–Crippen MR) is 161 cm³/mol. The number of rotatable bonds is 7. The van der Waals surface area contributed by atoms with E-state index in [-0.39, 0.29) is 21.7 Å². The second-order valence-electron chi connectivity index (χ2n) is 11.1. The van der Waals surface area contributed by atoms with Gasteiger partial charge in [-0.2, -0.15) is 0 Å². The third-order valence-corrected chi connectivity index (χ3v) is 8.28. The highest BCUT2D eigenvalue weighted by Crippen LogP contribution is 2.26. The van der Waals surface area contributed by atoms with Crippen LogP contribution in [0.2, 0.25) is 0 Å². The summed E-state index contributed by atoms with van der Waals surface area (Å²) >= 11 is 0. The number of benzene rings is 4. The van der Waals surface area contributed by atoms with Gasteiger partial charge in [-0.1, -0.05) is 75.4 Å². The molecule has 0 heterocycles. The van der Waals surface area contributed by atoms with Crippen LogP contribution in [-0.2, 0) is 15.4 Å². The molecule has 0 saturated heterocycles. The molecule has 4 aromatic rings. The van der Waals surface area contributed by atoms with E-state index in [1.54, 1.807) is 49.4 Å². The molecule has 4 aromatic carbocycles. The standard InChI is InChI=1S/C33H34N2O4S/c1-21-10-11-22(2)29(18-21)35-40(38,39)30-20-26(13-12-23(30)3)32(37)34-28-9-7-8-25(19-28)31(36)24-14-16-27(17-15-24)33(4,5)6/h7-20,35H,1-6H3,(H,34,37). The third kappa shape index (κ3) is 6.49. The molecular weight excluding hydrogens is 520 g/mol. The summed E-state index contributed by atoms with van der Waals surface area (Å²) in [6.07, 6.45) is 0. The second-order valence-corrected chi connectivity index (χ2v) is 12.7. The van der Waals surface area contributed by atoms with E-state index in [4.69, 9.17) is 0 Å². The zero-order valence-electron chi connectivity index (χ0n) is 23.6. The Morgan fingerprint density at radius 3 is 2.02 bits per heavy atom. The van der Waals surface area contributed by atoms with Gasteiger partial charge >= 0.3 is 0 Å². The number of carbonyl (C=O) groups excluding carboxylic acids is 2. The Hall–Kier alpha value is -4.23. The number of carbonyl (C=O) groups is 2. The van der Waals surface area contributed by atoms with Gasteiger partial charge in [-0.15, -0.1) is 0 Å². The van der Waals surface area contributed by atoms with Crippen LogP contribution in [0.15, 0.2) is 89.8 Å². The van der Waals surface area contributed by atoms with Gasteiger partial charge in [0, 0.05) is 22.4 Å². The van der Waals surface area contributed by atoms with Crippen LogP contribution in [0.4, 0.5) is 11.4 Å². The van der Waals surface area contributed by atoms with Crippen LogP contribution in [0.1, 0.15) is 69.3 Å². The average Bonchev–Trinajstić information content (AvgIpc) is 2.90. The smallest absolute Gasteiger partial charge is 0.262 e. The van der Waals surface area contributed by atoms with E-state index in [9.17, 15) is 18.0 Å². The van der Waals surface area contributed by atoms with Gasteiger partial charge < -0.3 is 5.32 Å². The zero-order chi connectivity index (χ0) is 29.2. The quantitative estimate of drug-likeness (QED) is 0.236. The van der Waals surface area contributed by atoms with E-state index in [1.807, 2.05) is 50.2 Å². The largest absolute Gasteiger partial charge is 0.322 e. The summed E-state index contributed by atoms with van der Waals surface area (Å²) in [5.41, 5.74) is 5.44. The topological polar surface area (TPSA) is 92.3 Å². The van der Waals surface area contributed by atoms with E-state index in [1.165, 1.54) is 6.07 Å². The van der Waals surface area contributed by atoms with Crippen molar-refractivity contribution >= 4 is 33.1 Å². The lowest BCUT2D eigenvalue weighted by atomic mass is 9.86. The fourth-order valence-electron chi connectivity index (χ4n) is 4.31. The first kappa shape index (κ1) is 28.8. The number of aryl methyl sites for hydroxylation is 3. The molecule has 206 valence electrons. The molecule has 0 saturated carbocycles. The van der Waals surface area contributed by atoms with Gasteiger partial charge in [-0.05, 0) is 78.8 Å². The molecule has 0 radical (unpaired) electrons. The monoisotopic (exact) mass is 554 g/mol. The van der Waals surface area contributed by atoms with Crippen molar-refractivity contribution in [3.05, 3.63) is 124 Å². The Bertz CT molecular complexity index is 1700. The first-order valence-electron chi connectivity index (χ1n) is 13.0. The summed E-state index contributed by atoms with van der Waals surface area (Å²) in [5.74, 6) is -0.639. The summed E-state index contributed by atoms with van der Waals surface area (Å²) in [7, 11) is -3.95. The molecule has 4 rings (SSSR count). The lowest BCUT2D eigenvalue weighted by Crippen LogP contribution is -2.18. The molecule has 0 aliphatic carbocycles. The first-order valence-corrected chi connectivity index (χ1v) is 14.5. The molecular formula is C33H34N2O4S. The molecule has 0 fully saturated rings. The van der Waals surface area contributed by atoms with Crippen molar-refractivity contribution in [3.8, 4) is 0 Å². The number of amides is 1. The van der Waals surface area contributed by atoms with Crippen LogP contribution in [0, 0.1) is 20.8 Å². The maximum atomic E-state index is 13.3. The van der Waals surface area contributed by atoms with E-state index in [0.717, 1.165) is 16.7 Å². The molecule has 0 atom stereocenters. The SMILES string of the molecule is Cc1ccc(C)c(NS(=O)(=O)c2cc(C(=O)Nc3cccc(C(=O)c4ccc(C(C)(C)C)cc4)c3)ccc2C)c1. The van der Waals surface area contributed by atoms with E-state index in [0.29, 0.717) is 28.1 Å². The Kier molecular flexibility index (Phi) is 7.98. The molecule has 0 unspecified atom stereocenters. The minimum atomic E-state index is -3.95. The van der Waals surface area contributed by atoms with E-state index >= 15 is 0 Å². The maximum absolute atomic E-state index is 13.3. The van der Waals surface area contributed by atoms with Crippen LogP contribution in [-0.4, -0.2) is 20.1 Å². The van der Waals surface area contributed by atoms with Crippen molar-refractivity contribution in [1.82, 2.24) is 0 Å². The van der Waals surface area contributed by atoms with Crippen molar-refractivity contribution in [3.63, 3.8) is 0 Å². The molecule has 0 aliphatic rings. The van der Waals surface area contributed by atoms with Crippen molar-refractivity contribution in [2.45, 2.75) is 51.9 Å². The molecule has 40 heavy (non-hydrogen) atoms. The van der Waals surface area contributed by atoms with Gasteiger partial charge in [-0.25, -0.2) is 8.42 Å². The molecule has 0 spiro atoms. The van der Waals surface area contributed by atoms with Gasteiger partial charge in [0.25, 0.3) is 15.9 Å². The summed E-state index contributed by atoms with van der Waals surface area (Å²) in [6.45, 7) is 11.7. The summed E-state index contributed by atoms with van der Waals surface area (Å²) < 4.78 is 29.2. The Labute approximate surface area is 236 Å². The Morgan fingerprint density at radius 1 is 0.700 bits per heavy atom. The minimum absolute atomic E-state index is 0.0173. The number of hydrogen-bond acceptors (Lipinski definition) is 4. The van der Waals surface area contributed by atoms with E-state index < -0.39 is 15.9 Å². The van der Waals surface area contributed by atoms with Crippen LogP contribution in [0.5, 0.6) is 0 Å². The molecule has 7 heteroatoms. The van der Waals surface area contributed by atoms with Crippen LogP contribution in [0.3, 0.4) is 0 Å². The average molecular weight is 555 g/mol. The van der Waals surface area contributed by atoms with Gasteiger partial charge in [-0.3, -0.25) is 14.3 Å². The van der Waals surface area contributed by atoms with Crippen LogP contribution in [0.25, 0.3) is 0 Å². The van der Waals surface area contributed by atoms with Gasteiger partial charge in [0.15, 0.2) is 5.78 Å². The summed E-state index contributed by atoms with van der Waals surface area (Å²) in [6, 6.07) is 24.3. The fraction of sp³-hybridized carbons (Fsp3) is 0.212. The third-order valence-electron chi connectivity index (χ3n) is 6.77. The molecule has 2 N–H and O–H groups in total. The molecule has 0 aliphatic heterocycles. The first-order chi connectivity index (χ1) is 18.7. The number of anilines is 2. The zero-order valence-corrected chi connectivity index (χ0v) is 24.4. The Balaban J connectivity index is 1.55. The van der Waals surface area contributed by atoms with Crippen LogP contribution < -0.4 is 10.0 Å². The molecule has 0 bridgehead atoms. The maximum Gasteiger partial charge on any atom is 0.262 e. The van der Waals surface area contributed by atoms with Gasteiger partial charge in [0.1, 0.15) is 0 Å². The van der Waals surface area contributed by atoms with Crippen molar-refractivity contribution in [2.75, 3.05) is 10.0 Å². The second kappa shape index (κ2) is 11.1. The number of hydrogen-bond donors (Lipinski definition) is 2. The van der Waals surface area contributed by atoms with Gasteiger partial charge in [0.2, 0.25) is 0 Å². The van der Waals surface area contributed by atoms with Crippen molar-refractivity contribution in [2.24, 2.45) is 0 Å². The normalized spacial score (nSPS) is 11.7. The number of sulfonamides is 1. The van der Waals surface area contributed by atoms with Crippen molar-refractivity contribution in [1.29, 1.82) is 0 Å². The van der Waals surface area contributed by atoms with Gasteiger partial charge in [0.05, 0.1) is 10.6 Å². The molecule has 0 aromatic heterocycles. The highest BCUT2D eigenvalue weighted by molar-refractivity contribution is 7.92. The highest BCUT2D eigenvalue weighted by Gasteiger charge is 2.21. The Morgan fingerprint density at radius 2 is 1.35 bits per heavy atom. The lowest BCUT2D eigenvalue weighted by molar-refractivity contribution is 0.102. The lowest BCUT2D eigenvalue weighted by Gasteiger charge is -2.19. The number of ketones is 1. The molecule has 6 nitrogen and oxygen atoms in total. The number of nitrogens with one attached hydrogen (secondary N) is 2. The fourth-order valence-corrected chi connectivity index (χ4v) is 5.70. The highest BCUT2D eigenvalue weighted by atomic mass is 32.2. The van der Waals surface area contributed by atoms with Crippen molar-refractivity contribution < 1.29 is 18.0 Å². The minimum Gasteiger partial charge on any atom is -0.322 e. The van der Waals surface area contributed by atoms with E-state index in [2.05, 4.69) is 30.8 Å². The molecule has 1 amide bonds.